The lowest BCUT2D eigenvalue weighted by Crippen LogP contribution is -1.82. The van der Waals surface area contributed by atoms with Crippen LogP contribution in [0.5, 0.6) is 0 Å². The molecule has 0 radical (unpaired) electrons. The second-order valence-electron chi connectivity index (χ2n) is 1.62. The van der Waals surface area contributed by atoms with Crippen LogP contribution in [0.1, 0.15) is 6.92 Å². The van der Waals surface area contributed by atoms with Gasteiger partial charge in [-0.25, -0.2) is 0 Å². The molecule has 0 spiro atoms. The van der Waals surface area contributed by atoms with Gasteiger partial charge in [-0.3, -0.25) is 0 Å². The highest BCUT2D eigenvalue weighted by Crippen LogP contribution is 2.24. The molecule has 0 bridgehead atoms. The Kier molecular flexibility index (Phi) is 8.13. The van der Waals surface area contributed by atoms with Crippen molar-refractivity contribution in [3.05, 3.63) is 10.3 Å². The Morgan fingerprint density at radius 2 is 1.91 bits per heavy atom. The minimum Gasteiger partial charge on any atom is -0.123 e. The second kappa shape index (κ2) is 7.53. The number of thiocarbonyl (C=S) groups is 1. The first-order valence-corrected chi connectivity index (χ1v) is 7.05. The molecule has 0 rings (SSSR count). The first kappa shape index (κ1) is 11.9. The summed E-state index contributed by atoms with van der Waals surface area (Å²) in [6.45, 7) is 2.11. The first-order valence-electron chi connectivity index (χ1n) is 3.21. The van der Waals surface area contributed by atoms with Crippen molar-refractivity contribution in [2.45, 2.75) is 6.92 Å². The van der Waals surface area contributed by atoms with E-state index in [0.717, 1.165) is 9.95 Å². The molecule has 4 heteroatoms. The molecule has 0 aliphatic rings. The standard InChI is InChI=1S/C7H12S4/c1-4-11-6(8)5-7(9-2)10-3/h5H,4H2,1-3H3. The first-order chi connectivity index (χ1) is 5.24. The van der Waals surface area contributed by atoms with Crippen LogP contribution in [0, 0.1) is 0 Å². The van der Waals surface area contributed by atoms with Gasteiger partial charge in [0.2, 0.25) is 0 Å². The van der Waals surface area contributed by atoms with Gasteiger partial charge in [0.05, 0.1) is 4.20 Å². The Labute approximate surface area is 87.0 Å². The van der Waals surface area contributed by atoms with E-state index in [1.54, 1.807) is 35.3 Å². The van der Waals surface area contributed by atoms with Gasteiger partial charge in [0, 0.05) is 4.24 Å². The number of hydrogen-bond donors (Lipinski definition) is 0. The third-order valence-electron chi connectivity index (χ3n) is 0.925. The molecule has 64 valence electrons. The summed E-state index contributed by atoms with van der Waals surface area (Å²) in [4.78, 5) is 0. The predicted molar refractivity (Wildman–Crippen MR) is 65.8 cm³/mol. The van der Waals surface area contributed by atoms with Crippen molar-refractivity contribution < 1.29 is 0 Å². The monoisotopic (exact) mass is 224 g/mol. The van der Waals surface area contributed by atoms with Crippen molar-refractivity contribution in [3.8, 4) is 0 Å². The fraction of sp³-hybridized carbons (Fsp3) is 0.571. The van der Waals surface area contributed by atoms with Crippen LogP contribution in [0.3, 0.4) is 0 Å². The molecule has 0 aromatic heterocycles. The van der Waals surface area contributed by atoms with Crippen molar-refractivity contribution in [2.24, 2.45) is 0 Å². The van der Waals surface area contributed by atoms with Crippen LogP contribution in [0.2, 0.25) is 0 Å². The van der Waals surface area contributed by atoms with Crippen molar-refractivity contribution in [3.63, 3.8) is 0 Å². The van der Waals surface area contributed by atoms with Gasteiger partial charge in [0.15, 0.2) is 0 Å². The number of hydrogen-bond acceptors (Lipinski definition) is 4. The van der Waals surface area contributed by atoms with Gasteiger partial charge in [-0.15, -0.1) is 35.3 Å². The largest absolute Gasteiger partial charge is 0.123 e. The molecular formula is C7H12S4. The molecule has 11 heavy (non-hydrogen) atoms. The molecule has 0 fully saturated rings. The van der Waals surface area contributed by atoms with Crippen LogP contribution >= 0.6 is 47.5 Å². The van der Waals surface area contributed by atoms with Crippen molar-refractivity contribution >= 4 is 51.7 Å². The molecule has 0 aliphatic heterocycles. The van der Waals surface area contributed by atoms with Gasteiger partial charge in [0.1, 0.15) is 0 Å². The van der Waals surface area contributed by atoms with Crippen LogP contribution in [-0.2, 0) is 0 Å². The van der Waals surface area contributed by atoms with Gasteiger partial charge in [-0.05, 0) is 24.3 Å². The third kappa shape index (κ3) is 6.08. The lowest BCUT2D eigenvalue weighted by molar-refractivity contribution is 1.54. The van der Waals surface area contributed by atoms with Gasteiger partial charge in [-0.1, -0.05) is 19.1 Å². The molecular weight excluding hydrogens is 212 g/mol. The highest BCUT2D eigenvalue weighted by Gasteiger charge is 1.95. The Morgan fingerprint density at radius 1 is 1.36 bits per heavy atom. The average molecular weight is 224 g/mol. The molecule has 0 saturated heterocycles. The van der Waals surface area contributed by atoms with Crippen molar-refractivity contribution in [2.75, 3.05) is 18.3 Å². The molecule has 0 amide bonds. The maximum Gasteiger partial charge on any atom is 0.0722 e. The Bertz CT molecular complexity index is 145. The van der Waals surface area contributed by atoms with E-state index < -0.39 is 0 Å². The van der Waals surface area contributed by atoms with Crippen molar-refractivity contribution in [1.82, 2.24) is 0 Å². The molecule has 0 aliphatic carbocycles. The summed E-state index contributed by atoms with van der Waals surface area (Å²) in [6, 6.07) is 0. The van der Waals surface area contributed by atoms with Crippen LogP contribution in [-0.4, -0.2) is 22.5 Å². The van der Waals surface area contributed by atoms with E-state index in [9.17, 15) is 0 Å². The van der Waals surface area contributed by atoms with E-state index in [-0.39, 0.29) is 0 Å². The summed E-state index contributed by atoms with van der Waals surface area (Å²) < 4.78 is 2.28. The van der Waals surface area contributed by atoms with E-state index in [1.807, 2.05) is 0 Å². The van der Waals surface area contributed by atoms with Gasteiger partial charge < -0.3 is 0 Å². The highest BCUT2D eigenvalue weighted by atomic mass is 32.2. The minimum absolute atomic E-state index is 0.992. The Balaban J connectivity index is 3.93. The van der Waals surface area contributed by atoms with Crippen LogP contribution in [0.25, 0.3) is 0 Å². The molecule has 0 atom stereocenters. The third-order valence-corrected chi connectivity index (χ3v) is 4.13. The Hall–Kier alpha value is 0.880. The van der Waals surface area contributed by atoms with E-state index in [1.165, 1.54) is 4.24 Å². The highest BCUT2D eigenvalue weighted by molar-refractivity contribution is 8.24. The maximum atomic E-state index is 5.12. The fourth-order valence-corrected chi connectivity index (χ4v) is 2.87. The molecule has 0 nitrogen and oxygen atoms in total. The lowest BCUT2D eigenvalue weighted by Gasteiger charge is -1.98. The number of thioether (sulfide) groups is 3. The fourth-order valence-electron chi connectivity index (χ4n) is 0.481. The van der Waals surface area contributed by atoms with E-state index in [0.29, 0.717) is 0 Å². The van der Waals surface area contributed by atoms with Crippen LogP contribution < -0.4 is 0 Å². The quantitative estimate of drug-likeness (QED) is 0.528. The molecule has 0 aromatic carbocycles. The van der Waals surface area contributed by atoms with Crippen molar-refractivity contribution in [1.29, 1.82) is 0 Å². The maximum absolute atomic E-state index is 5.12. The lowest BCUT2D eigenvalue weighted by atomic mass is 10.7. The summed E-state index contributed by atoms with van der Waals surface area (Å²) in [5, 5.41) is 0. The minimum atomic E-state index is 0.992. The SMILES string of the molecule is CCSC(=S)C=C(SC)SC. The molecule has 0 saturated carbocycles. The molecule has 0 unspecified atom stereocenters. The van der Waals surface area contributed by atoms with E-state index in [2.05, 4.69) is 25.5 Å². The zero-order valence-electron chi connectivity index (χ0n) is 6.92. The number of rotatable bonds is 4. The summed E-state index contributed by atoms with van der Waals surface area (Å²) >= 11 is 10.3. The van der Waals surface area contributed by atoms with Gasteiger partial charge >= 0.3 is 0 Å². The smallest absolute Gasteiger partial charge is 0.0722 e. The predicted octanol–water partition coefficient (Wildman–Crippen LogP) is 3.63. The second-order valence-corrected chi connectivity index (χ2v) is 5.58. The average Bonchev–Trinajstić information content (AvgIpc) is 2.01. The van der Waals surface area contributed by atoms with Gasteiger partial charge in [-0.2, -0.15) is 0 Å². The van der Waals surface area contributed by atoms with Gasteiger partial charge in [0.25, 0.3) is 0 Å². The van der Waals surface area contributed by atoms with E-state index in [4.69, 9.17) is 12.2 Å². The van der Waals surface area contributed by atoms with E-state index >= 15 is 0 Å². The molecule has 0 heterocycles. The zero-order chi connectivity index (χ0) is 8.69. The molecule has 0 N–H and O–H groups in total. The summed E-state index contributed by atoms with van der Waals surface area (Å²) in [5.74, 6) is 1.06. The summed E-state index contributed by atoms with van der Waals surface area (Å²) in [5.41, 5.74) is 0. The topological polar surface area (TPSA) is 0 Å². The Morgan fingerprint density at radius 3 is 2.27 bits per heavy atom. The van der Waals surface area contributed by atoms with Crippen LogP contribution in [0.15, 0.2) is 10.3 Å². The summed E-state index contributed by atoms with van der Waals surface area (Å²) in [6.07, 6.45) is 6.21. The molecule has 0 aromatic rings. The normalized spacial score (nSPS) is 9.36. The zero-order valence-corrected chi connectivity index (χ0v) is 10.2. The summed E-state index contributed by atoms with van der Waals surface area (Å²) in [7, 11) is 0. The van der Waals surface area contributed by atoms with Crippen LogP contribution in [0.4, 0.5) is 0 Å².